The number of hydrogen-bond donors (Lipinski definition) is 0. The lowest BCUT2D eigenvalue weighted by Gasteiger charge is -2.01. The molecule has 12 heavy (non-hydrogen) atoms. The first-order chi connectivity index (χ1) is 5.68. The average Bonchev–Trinajstić information content (AvgIpc) is 2.79. The maximum absolute atomic E-state index is 12.9. The minimum atomic E-state index is -0.452. The Morgan fingerprint density at radius 3 is 2.58 bits per heavy atom. The fraction of sp³-hybridized carbons (Fsp3) is 0.250. The van der Waals surface area contributed by atoms with Crippen LogP contribution in [0.4, 0.5) is 4.39 Å². The fourth-order valence-electron chi connectivity index (χ4n) is 1.01. The van der Waals surface area contributed by atoms with E-state index in [-0.39, 0.29) is 11.1 Å². The SMILES string of the molecule is Fc1cc(C2CO2)c(Cl)cc1Cl. The molecule has 0 radical (unpaired) electrons. The molecule has 1 atom stereocenters. The smallest absolute Gasteiger partial charge is 0.142 e. The second-order valence-electron chi connectivity index (χ2n) is 2.61. The van der Waals surface area contributed by atoms with Gasteiger partial charge in [0.05, 0.1) is 11.6 Å². The van der Waals surface area contributed by atoms with Crippen LogP contribution < -0.4 is 0 Å². The predicted octanol–water partition coefficient (Wildman–Crippen LogP) is 3.20. The highest BCUT2D eigenvalue weighted by Crippen LogP contribution is 2.36. The molecule has 1 saturated heterocycles. The molecule has 0 amide bonds. The third-order valence-corrected chi connectivity index (χ3v) is 2.34. The second-order valence-corrected chi connectivity index (χ2v) is 3.42. The molecule has 0 spiro atoms. The molecule has 0 bridgehead atoms. The molecule has 1 fully saturated rings. The Bertz CT molecular complexity index is 323. The maximum atomic E-state index is 12.9. The molecule has 4 heteroatoms. The van der Waals surface area contributed by atoms with E-state index in [2.05, 4.69) is 0 Å². The zero-order chi connectivity index (χ0) is 8.72. The van der Waals surface area contributed by atoms with E-state index in [1.54, 1.807) is 0 Å². The van der Waals surface area contributed by atoms with Gasteiger partial charge in [0, 0.05) is 10.6 Å². The Morgan fingerprint density at radius 2 is 2.00 bits per heavy atom. The minimum Gasteiger partial charge on any atom is -0.368 e. The summed E-state index contributed by atoms with van der Waals surface area (Å²) in [6.07, 6.45) is -0.0377. The summed E-state index contributed by atoms with van der Waals surface area (Å²) in [5.74, 6) is -0.452. The van der Waals surface area contributed by atoms with Gasteiger partial charge in [0.2, 0.25) is 0 Å². The van der Waals surface area contributed by atoms with Crippen LogP contribution in [0.1, 0.15) is 11.7 Å². The van der Waals surface area contributed by atoms with Crippen LogP contribution in [0.3, 0.4) is 0 Å². The van der Waals surface area contributed by atoms with Crippen molar-refractivity contribution < 1.29 is 9.13 Å². The van der Waals surface area contributed by atoms with Crippen LogP contribution in [0.25, 0.3) is 0 Å². The molecule has 1 unspecified atom stereocenters. The van der Waals surface area contributed by atoms with Crippen LogP contribution >= 0.6 is 23.2 Å². The lowest BCUT2D eigenvalue weighted by atomic mass is 10.1. The number of epoxide rings is 1. The number of rotatable bonds is 1. The molecule has 0 aliphatic carbocycles. The topological polar surface area (TPSA) is 12.5 Å². The van der Waals surface area contributed by atoms with Crippen molar-refractivity contribution in [2.24, 2.45) is 0 Å². The molecular formula is C8H5Cl2FO. The van der Waals surface area contributed by atoms with Gasteiger partial charge in [0.15, 0.2) is 0 Å². The summed E-state index contributed by atoms with van der Waals surface area (Å²) < 4.78 is 17.9. The number of hydrogen-bond acceptors (Lipinski definition) is 1. The van der Waals surface area contributed by atoms with Crippen molar-refractivity contribution in [2.75, 3.05) is 6.61 Å². The largest absolute Gasteiger partial charge is 0.368 e. The third kappa shape index (κ3) is 1.42. The van der Waals surface area contributed by atoms with Crippen molar-refractivity contribution in [3.63, 3.8) is 0 Å². The molecule has 1 aromatic carbocycles. The zero-order valence-corrected chi connectivity index (χ0v) is 7.49. The van der Waals surface area contributed by atoms with E-state index in [4.69, 9.17) is 27.9 Å². The zero-order valence-electron chi connectivity index (χ0n) is 5.98. The van der Waals surface area contributed by atoms with E-state index in [1.807, 2.05) is 0 Å². The van der Waals surface area contributed by atoms with E-state index < -0.39 is 5.82 Å². The molecule has 0 saturated carbocycles. The third-order valence-electron chi connectivity index (χ3n) is 1.72. The van der Waals surface area contributed by atoms with E-state index in [9.17, 15) is 4.39 Å². The van der Waals surface area contributed by atoms with Gasteiger partial charge < -0.3 is 4.74 Å². The molecule has 1 heterocycles. The van der Waals surface area contributed by atoms with Gasteiger partial charge in [-0.2, -0.15) is 0 Å². The monoisotopic (exact) mass is 206 g/mol. The molecular weight excluding hydrogens is 202 g/mol. The molecule has 1 aliphatic heterocycles. The quantitative estimate of drug-likeness (QED) is 0.508. The lowest BCUT2D eigenvalue weighted by molar-refractivity contribution is 0.415. The van der Waals surface area contributed by atoms with Gasteiger partial charge in [0.1, 0.15) is 11.9 Å². The normalized spacial score (nSPS) is 21.1. The molecule has 1 aromatic rings. The van der Waals surface area contributed by atoms with Crippen molar-refractivity contribution in [1.29, 1.82) is 0 Å². The fourth-order valence-corrected chi connectivity index (χ4v) is 1.52. The van der Waals surface area contributed by atoms with E-state index in [1.165, 1.54) is 12.1 Å². The summed E-state index contributed by atoms with van der Waals surface area (Å²) in [6, 6.07) is 2.72. The standard InChI is InChI=1S/C8H5Cl2FO/c9-5-2-6(10)7(11)1-4(5)8-3-12-8/h1-2,8H,3H2. The second kappa shape index (κ2) is 2.87. The predicted molar refractivity (Wildman–Crippen MR) is 45.1 cm³/mol. The highest BCUT2D eigenvalue weighted by Gasteiger charge is 2.28. The highest BCUT2D eigenvalue weighted by molar-refractivity contribution is 6.35. The van der Waals surface area contributed by atoms with Crippen LogP contribution in [-0.2, 0) is 4.74 Å². The Kier molecular flexibility index (Phi) is 1.99. The van der Waals surface area contributed by atoms with E-state index in [0.717, 1.165) is 0 Å². The van der Waals surface area contributed by atoms with Gasteiger partial charge in [0.25, 0.3) is 0 Å². The summed E-state index contributed by atoms with van der Waals surface area (Å²) in [7, 11) is 0. The molecule has 64 valence electrons. The first-order valence-corrected chi connectivity index (χ1v) is 4.20. The van der Waals surface area contributed by atoms with Crippen LogP contribution in [0.2, 0.25) is 10.0 Å². The Hall–Kier alpha value is -0.310. The van der Waals surface area contributed by atoms with Crippen LogP contribution in [0.5, 0.6) is 0 Å². The summed E-state index contributed by atoms with van der Waals surface area (Å²) in [5.41, 5.74) is 0.679. The summed E-state index contributed by atoms with van der Waals surface area (Å²) >= 11 is 11.3. The van der Waals surface area contributed by atoms with Gasteiger partial charge in [-0.25, -0.2) is 4.39 Å². The van der Waals surface area contributed by atoms with Crippen molar-refractivity contribution in [3.8, 4) is 0 Å². The summed E-state index contributed by atoms with van der Waals surface area (Å²) in [6.45, 7) is 0.612. The summed E-state index contributed by atoms with van der Waals surface area (Å²) in [5, 5.41) is 0.508. The Balaban J connectivity index is 2.47. The first-order valence-electron chi connectivity index (χ1n) is 3.44. The van der Waals surface area contributed by atoms with Gasteiger partial charge in [-0.3, -0.25) is 0 Å². The molecule has 1 nitrogen and oxygen atoms in total. The van der Waals surface area contributed by atoms with Crippen LogP contribution in [0.15, 0.2) is 12.1 Å². The van der Waals surface area contributed by atoms with Crippen molar-refractivity contribution in [2.45, 2.75) is 6.10 Å². The van der Waals surface area contributed by atoms with Gasteiger partial charge >= 0.3 is 0 Å². The van der Waals surface area contributed by atoms with Crippen molar-refractivity contribution in [3.05, 3.63) is 33.6 Å². The van der Waals surface area contributed by atoms with E-state index >= 15 is 0 Å². The lowest BCUT2D eigenvalue weighted by Crippen LogP contribution is -1.86. The number of benzene rings is 1. The minimum absolute atomic E-state index is 0.0377. The average molecular weight is 207 g/mol. The highest BCUT2D eigenvalue weighted by atomic mass is 35.5. The van der Waals surface area contributed by atoms with Crippen LogP contribution in [0, 0.1) is 5.82 Å². The first kappa shape index (κ1) is 8.30. The van der Waals surface area contributed by atoms with Gasteiger partial charge in [-0.15, -0.1) is 0 Å². The van der Waals surface area contributed by atoms with E-state index in [0.29, 0.717) is 17.2 Å². The molecule has 2 rings (SSSR count). The number of ether oxygens (including phenoxy) is 1. The molecule has 0 aromatic heterocycles. The van der Waals surface area contributed by atoms with Gasteiger partial charge in [-0.1, -0.05) is 23.2 Å². The summed E-state index contributed by atoms with van der Waals surface area (Å²) in [4.78, 5) is 0. The Morgan fingerprint density at radius 1 is 1.33 bits per heavy atom. The number of halogens is 3. The van der Waals surface area contributed by atoms with Crippen molar-refractivity contribution >= 4 is 23.2 Å². The van der Waals surface area contributed by atoms with Gasteiger partial charge in [-0.05, 0) is 12.1 Å². The maximum Gasteiger partial charge on any atom is 0.142 e. The van der Waals surface area contributed by atoms with Crippen molar-refractivity contribution in [1.82, 2.24) is 0 Å². The Labute approximate surface area is 79.0 Å². The van der Waals surface area contributed by atoms with Crippen LogP contribution in [-0.4, -0.2) is 6.61 Å². The molecule has 0 N–H and O–H groups in total. The molecule has 1 aliphatic rings.